The van der Waals surface area contributed by atoms with Gasteiger partial charge in [-0.2, -0.15) is 0 Å². The molecule has 2 aliphatic heterocycles. The fourth-order valence-corrected chi connectivity index (χ4v) is 4.43. The first-order chi connectivity index (χ1) is 15.0. The van der Waals surface area contributed by atoms with Crippen molar-refractivity contribution in [3.8, 4) is 5.75 Å². The van der Waals surface area contributed by atoms with Crippen LogP contribution >= 0.6 is 0 Å². The van der Waals surface area contributed by atoms with E-state index in [0.29, 0.717) is 18.7 Å². The van der Waals surface area contributed by atoms with Crippen LogP contribution in [0.2, 0.25) is 0 Å². The number of ether oxygens (including phenoxy) is 1. The van der Waals surface area contributed by atoms with Crippen LogP contribution in [0, 0.1) is 0 Å². The zero-order valence-electron chi connectivity index (χ0n) is 16.9. The summed E-state index contributed by atoms with van der Waals surface area (Å²) in [5, 5.41) is 12.3. The number of aromatic nitrogens is 2. The maximum atomic E-state index is 13.0. The van der Waals surface area contributed by atoms with Gasteiger partial charge in [-0.3, -0.25) is 19.4 Å². The summed E-state index contributed by atoms with van der Waals surface area (Å²) >= 11 is 0. The third kappa shape index (κ3) is 3.11. The summed E-state index contributed by atoms with van der Waals surface area (Å²) in [7, 11) is 0. The third-order valence-corrected chi connectivity index (χ3v) is 6.06. The van der Waals surface area contributed by atoms with E-state index in [-0.39, 0.29) is 30.3 Å². The smallest absolute Gasteiger partial charge is 0.276 e. The first-order valence-corrected chi connectivity index (χ1v) is 10.2. The summed E-state index contributed by atoms with van der Waals surface area (Å²) in [6.45, 7) is 2.68. The Kier molecular flexibility index (Phi) is 4.59. The molecule has 1 fully saturated rings. The summed E-state index contributed by atoms with van der Waals surface area (Å²) in [5.41, 5.74) is -0.551. The van der Waals surface area contributed by atoms with Gasteiger partial charge in [0.15, 0.2) is 23.5 Å². The van der Waals surface area contributed by atoms with Crippen LogP contribution in [-0.2, 0) is 17.7 Å². The lowest BCUT2D eigenvalue weighted by molar-refractivity contribution is -0.112. The predicted octanol–water partition coefficient (Wildman–Crippen LogP) is 2.12. The summed E-state index contributed by atoms with van der Waals surface area (Å²) in [6, 6.07) is 9.35. The van der Waals surface area contributed by atoms with Crippen molar-refractivity contribution in [1.29, 1.82) is 0 Å². The molecule has 158 valence electrons. The SMILES string of the molecule is C[C@@H]1CCO[C@H]2Cn3cc(C(=O)Cc4nccc5ccccc45)c(=O)c(O)c3C(=O)N12. The molecule has 0 spiro atoms. The van der Waals surface area contributed by atoms with Crippen LogP contribution in [0.5, 0.6) is 5.75 Å². The molecule has 8 heteroatoms. The molecule has 2 atom stereocenters. The lowest BCUT2D eigenvalue weighted by Crippen LogP contribution is -2.57. The second-order valence-corrected chi connectivity index (χ2v) is 7.98. The van der Waals surface area contributed by atoms with Gasteiger partial charge in [-0.05, 0) is 24.8 Å². The van der Waals surface area contributed by atoms with Crippen molar-refractivity contribution in [2.45, 2.75) is 38.6 Å². The van der Waals surface area contributed by atoms with Crippen LogP contribution in [0.15, 0.2) is 47.5 Å². The molecule has 0 unspecified atom stereocenters. The number of rotatable bonds is 3. The zero-order chi connectivity index (χ0) is 21.7. The van der Waals surface area contributed by atoms with Crippen LogP contribution in [0.3, 0.4) is 0 Å². The molecule has 1 saturated heterocycles. The monoisotopic (exact) mass is 419 g/mol. The lowest BCUT2D eigenvalue weighted by atomic mass is 10.0. The summed E-state index contributed by atoms with van der Waals surface area (Å²) in [5.74, 6) is -1.63. The summed E-state index contributed by atoms with van der Waals surface area (Å²) in [4.78, 5) is 44.7. The van der Waals surface area contributed by atoms with Crippen LogP contribution in [0.4, 0.5) is 0 Å². The molecule has 5 rings (SSSR count). The quantitative estimate of drug-likeness (QED) is 0.653. The molecule has 0 radical (unpaired) electrons. The second kappa shape index (κ2) is 7.31. The molecule has 1 amide bonds. The number of Topliss-reactive ketones (excluding diaryl/α,β-unsaturated/α-hetero) is 1. The number of nitrogens with zero attached hydrogens (tertiary/aromatic N) is 3. The Bertz CT molecular complexity index is 1280. The maximum absolute atomic E-state index is 13.0. The van der Waals surface area contributed by atoms with Crippen molar-refractivity contribution >= 4 is 22.5 Å². The van der Waals surface area contributed by atoms with Crippen molar-refractivity contribution in [2.24, 2.45) is 0 Å². The van der Waals surface area contributed by atoms with E-state index >= 15 is 0 Å². The van der Waals surface area contributed by atoms with E-state index < -0.39 is 29.1 Å². The fourth-order valence-electron chi connectivity index (χ4n) is 4.43. The van der Waals surface area contributed by atoms with Crippen LogP contribution in [0.25, 0.3) is 10.8 Å². The van der Waals surface area contributed by atoms with Gasteiger partial charge in [0, 0.05) is 23.8 Å². The summed E-state index contributed by atoms with van der Waals surface area (Å²) in [6.07, 6.45) is 3.09. The van der Waals surface area contributed by atoms with Gasteiger partial charge < -0.3 is 19.3 Å². The van der Waals surface area contributed by atoms with Crippen molar-refractivity contribution in [1.82, 2.24) is 14.5 Å². The number of fused-ring (bicyclic) bond motifs is 3. The molecule has 0 bridgehead atoms. The number of hydrogen-bond acceptors (Lipinski definition) is 6. The molecule has 0 aliphatic carbocycles. The van der Waals surface area contributed by atoms with Crippen LogP contribution in [-0.4, -0.2) is 50.1 Å². The highest BCUT2D eigenvalue weighted by Gasteiger charge is 2.41. The van der Waals surface area contributed by atoms with Crippen molar-refractivity contribution in [2.75, 3.05) is 6.61 Å². The van der Waals surface area contributed by atoms with Gasteiger partial charge >= 0.3 is 0 Å². The normalized spacial score (nSPS) is 20.4. The average Bonchev–Trinajstić information content (AvgIpc) is 2.76. The molecule has 4 heterocycles. The number of pyridine rings is 2. The zero-order valence-corrected chi connectivity index (χ0v) is 16.9. The number of ketones is 1. The first-order valence-electron chi connectivity index (χ1n) is 10.2. The Morgan fingerprint density at radius 3 is 2.90 bits per heavy atom. The topological polar surface area (TPSA) is 102 Å². The number of hydrogen-bond donors (Lipinski definition) is 1. The van der Waals surface area contributed by atoms with E-state index in [0.717, 1.165) is 10.8 Å². The van der Waals surface area contributed by atoms with Gasteiger partial charge in [0.25, 0.3) is 5.91 Å². The Balaban J connectivity index is 1.54. The molecule has 1 N–H and O–H groups in total. The highest BCUT2D eigenvalue weighted by molar-refractivity contribution is 6.02. The molecule has 31 heavy (non-hydrogen) atoms. The van der Waals surface area contributed by atoms with Gasteiger partial charge in [-0.25, -0.2) is 0 Å². The molecule has 2 aliphatic rings. The van der Waals surface area contributed by atoms with E-state index in [1.807, 2.05) is 37.3 Å². The number of carbonyl (C=O) groups excluding carboxylic acids is 2. The number of aromatic hydroxyl groups is 1. The van der Waals surface area contributed by atoms with Crippen molar-refractivity contribution in [3.05, 3.63) is 69.9 Å². The molecule has 3 aromatic rings. The number of benzene rings is 1. The lowest BCUT2D eigenvalue weighted by Gasteiger charge is -2.44. The predicted molar refractivity (Wildman–Crippen MR) is 112 cm³/mol. The van der Waals surface area contributed by atoms with Crippen LogP contribution in [0.1, 0.15) is 39.9 Å². The van der Waals surface area contributed by atoms with Gasteiger partial charge in [0.2, 0.25) is 5.43 Å². The standard InChI is InChI=1S/C23H21N3O5/c1-13-7-9-31-19-12-25-11-16(21(28)22(29)20(25)23(30)26(13)19)18(27)10-17-15-5-3-2-4-14(15)6-8-24-17/h2-6,8,11,13,19,29H,7,9-10,12H2,1H3/t13-,19+/m1/s1. The van der Waals surface area contributed by atoms with E-state index in [2.05, 4.69) is 4.98 Å². The Labute approximate surface area is 177 Å². The van der Waals surface area contributed by atoms with Gasteiger partial charge in [-0.1, -0.05) is 24.3 Å². The fraction of sp³-hybridized carbons (Fsp3) is 0.304. The molecule has 0 saturated carbocycles. The van der Waals surface area contributed by atoms with Crippen molar-refractivity contribution in [3.63, 3.8) is 0 Å². The van der Waals surface area contributed by atoms with Crippen molar-refractivity contribution < 1.29 is 19.4 Å². The number of carbonyl (C=O) groups is 2. The highest BCUT2D eigenvalue weighted by atomic mass is 16.5. The van der Waals surface area contributed by atoms with E-state index in [9.17, 15) is 19.5 Å². The highest BCUT2D eigenvalue weighted by Crippen LogP contribution is 2.29. The largest absolute Gasteiger partial charge is 0.503 e. The Morgan fingerprint density at radius 2 is 2.06 bits per heavy atom. The minimum Gasteiger partial charge on any atom is -0.503 e. The Morgan fingerprint density at radius 1 is 1.26 bits per heavy atom. The minimum absolute atomic E-state index is 0.0618. The molecule has 8 nitrogen and oxygen atoms in total. The van der Waals surface area contributed by atoms with Gasteiger partial charge in [0.1, 0.15) is 0 Å². The molecular weight excluding hydrogens is 398 g/mol. The summed E-state index contributed by atoms with van der Waals surface area (Å²) < 4.78 is 7.18. The second-order valence-electron chi connectivity index (χ2n) is 7.98. The van der Waals surface area contributed by atoms with Gasteiger partial charge in [0.05, 0.1) is 30.8 Å². The Hall–Kier alpha value is -3.52. The molecule has 1 aromatic carbocycles. The van der Waals surface area contributed by atoms with E-state index in [1.165, 1.54) is 10.8 Å². The minimum atomic E-state index is -0.839. The molecule has 2 aromatic heterocycles. The van der Waals surface area contributed by atoms with E-state index in [4.69, 9.17) is 4.74 Å². The van der Waals surface area contributed by atoms with E-state index in [1.54, 1.807) is 11.1 Å². The maximum Gasteiger partial charge on any atom is 0.276 e. The van der Waals surface area contributed by atoms with Gasteiger partial charge in [-0.15, -0.1) is 0 Å². The average molecular weight is 419 g/mol. The van der Waals surface area contributed by atoms with Crippen LogP contribution < -0.4 is 5.43 Å². The third-order valence-electron chi connectivity index (χ3n) is 6.06. The molecular formula is C23H21N3O5. The number of amides is 1. The first kappa shape index (κ1) is 19.4.